The second kappa shape index (κ2) is 3.23. The maximum Gasteiger partial charge on any atom is 0.317 e. The van der Waals surface area contributed by atoms with Gasteiger partial charge in [0.1, 0.15) is 12.0 Å². The summed E-state index contributed by atoms with van der Waals surface area (Å²) in [5, 5.41) is 8.80. The van der Waals surface area contributed by atoms with E-state index < -0.39 is 11.4 Å². The van der Waals surface area contributed by atoms with Crippen molar-refractivity contribution in [3.63, 3.8) is 0 Å². The van der Waals surface area contributed by atoms with E-state index in [0.717, 1.165) is 6.42 Å². The molecule has 1 fully saturated rings. The minimum Gasteiger partial charge on any atom is -0.480 e. The van der Waals surface area contributed by atoms with Crippen molar-refractivity contribution >= 4 is 11.8 Å². The maximum atomic E-state index is 11.3. The lowest BCUT2D eigenvalue weighted by Crippen LogP contribution is -2.46. The van der Waals surface area contributed by atoms with Gasteiger partial charge >= 0.3 is 5.97 Å². The molecule has 1 aliphatic carbocycles. The molecule has 0 heterocycles. The number of carbonyl (C=O) groups is 2. The zero-order chi connectivity index (χ0) is 9.19. The van der Waals surface area contributed by atoms with Gasteiger partial charge in [0.05, 0.1) is 0 Å². The molecule has 68 valence electrons. The van der Waals surface area contributed by atoms with Gasteiger partial charge < -0.3 is 9.84 Å². The third-order valence-electron chi connectivity index (χ3n) is 2.43. The summed E-state index contributed by atoms with van der Waals surface area (Å²) >= 11 is 0. The minimum absolute atomic E-state index is 0.0910. The Morgan fingerprint density at radius 1 is 1.50 bits per heavy atom. The quantitative estimate of drug-likeness (QED) is 0.625. The van der Waals surface area contributed by atoms with Crippen LogP contribution in [0.2, 0.25) is 0 Å². The van der Waals surface area contributed by atoms with Crippen LogP contribution in [-0.2, 0) is 14.3 Å². The summed E-state index contributed by atoms with van der Waals surface area (Å²) in [7, 11) is 1.39. The fourth-order valence-corrected chi connectivity index (χ4v) is 1.41. The predicted octanol–water partition coefficient (Wildman–Crippen LogP) is 0.457. The number of carbonyl (C=O) groups excluding carboxylic acids is 1. The fourth-order valence-electron chi connectivity index (χ4n) is 1.41. The summed E-state index contributed by atoms with van der Waals surface area (Å²) in [5.41, 5.74) is -1.12. The van der Waals surface area contributed by atoms with Crippen molar-refractivity contribution in [1.29, 1.82) is 0 Å². The van der Waals surface area contributed by atoms with Gasteiger partial charge in [-0.25, -0.2) is 0 Å². The Labute approximate surface area is 70.5 Å². The molecule has 0 aromatic rings. The first-order chi connectivity index (χ1) is 5.63. The Bertz CT molecular complexity index is 205. The van der Waals surface area contributed by atoms with Crippen molar-refractivity contribution in [1.82, 2.24) is 0 Å². The number of carboxylic acid groups (broad SMARTS) is 1. The number of methoxy groups -OCH3 is 1. The van der Waals surface area contributed by atoms with Gasteiger partial charge in [-0.1, -0.05) is 6.42 Å². The molecule has 4 nitrogen and oxygen atoms in total. The van der Waals surface area contributed by atoms with Crippen molar-refractivity contribution in [3.8, 4) is 0 Å². The van der Waals surface area contributed by atoms with Crippen LogP contribution in [0.15, 0.2) is 0 Å². The highest BCUT2D eigenvalue weighted by molar-refractivity contribution is 6.04. The van der Waals surface area contributed by atoms with Crippen LogP contribution < -0.4 is 0 Å². The molecule has 1 aliphatic rings. The Morgan fingerprint density at radius 3 is 2.33 bits per heavy atom. The van der Waals surface area contributed by atoms with E-state index in [4.69, 9.17) is 5.11 Å². The van der Waals surface area contributed by atoms with Crippen molar-refractivity contribution in [2.24, 2.45) is 5.41 Å². The highest BCUT2D eigenvalue weighted by Crippen LogP contribution is 2.41. The van der Waals surface area contributed by atoms with E-state index in [1.165, 1.54) is 7.11 Å². The molecule has 0 unspecified atom stereocenters. The van der Waals surface area contributed by atoms with Gasteiger partial charge in [0.2, 0.25) is 0 Å². The lowest BCUT2D eigenvalue weighted by atomic mass is 9.66. The largest absolute Gasteiger partial charge is 0.480 e. The standard InChI is InChI=1S/C8H12O4/c1-12-5-6(9)8(7(10)11)3-2-4-8/h2-5H2,1H3,(H,10,11). The Hall–Kier alpha value is -0.900. The van der Waals surface area contributed by atoms with Gasteiger partial charge in [-0.15, -0.1) is 0 Å². The fraction of sp³-hybridized carbons (Fsp3) is 0.750. The van der Waals surface area contributed by atoms with Crippen molar-refractivity contribution in [2.75, 3.05) is 13.7 Å². The monoisotopic (exact) mass is 172 g/mol. The summed E-state index contributed by atoms with van der Waals surface area (Å²) in [5.74, 6) is -1.31. The first kappa shape index (κ1) is 9.19. The van der Waals surface area contributed by atoms with E-state index in [-0.39, 0.29) is 12.4 Å². The minimum atomic E-state index is -1.12. The van der Waals surface area contributed by atoms with Crippen LogP contribution in [0.4, 0.5) is 0 Å². The van der Waals surface area contributed by atoms with E-state index in [0.29, 0.717) is 12.8 Å². The average Bonchev–Trinajstić information content (AvgIpc) is 1.83. The maximum absolute atomic E-state index is 11.3. The van der Waals surface area contributed by atoms with E-state index in [9.17, 15) is 9.59 Å². The van der Waals surface area contributed by atoms with Crippen LogP contribution >= 0.6 is 0 Å². The number of Topliss-reactive ketones (excluding diaryl/α,β-unsaturated/α-hetero) is 1. The number of hydrogen-bond acceptors (Lipinski definition) is 3. The summed E-state index contributed by atoms with van der Waals surface area (Å²) in [6.07, 6.45) is 1.75. The summed E-state index contributed by atoms with van der Waals surface area (Å²) < 4.78 is 4.62. The molecule has 0 saturated heterocycles. The topological polar surface area (TPSA) is 63.6 Å². The smallest absolute Gasteiger partial charge is 0.317 e. The average molecular weight is 172 g/mol. The Kier molecular flexibility index (Phi) is 2.47. The Morgan fingerprint density at radius 2 is 2.08 bits per heavy atom. The molecule has 0 bridgehead atoms. The molecular formula is C8H12O4. The molecule has 0 radical (unpaired) electrons. The van der Waals surface area contributed by atoms with Crippen LogP contribution in [0.1, 0.15) is 19.3 Å². The molecule has 1 saturated carbocycles. The van der Waals surface area contributed by atoms with Crippen LogP contribution in [0.5, 0.6) is 0 Å². The van der Waals surface area contributed by atoms with E-state index in [2.05, 4.69) is 4.74 Å². The van der Waals surface area contributed by atoms with E-state index >= 15 is 0 Å². The van der Waals surface area contributed by atoms with Gasteiger partial charge in [0.25, 0.3) is 0 Å². The molecule has 0 aromatic heterocycles. The third-order valence-corrected chi connectivity index (χ3v) is 2.43. The van der Waals surface area contributed by atoms with Gasteiger partial charge in [-0.3, -0.25) is 9.59 Å². The highest BCUT2D eigenvalue weighted by atomic mass is 16.5. The van der Waals surface area contributed by atoms with Crippen molar-refractivity contribution in [2.45, 2.75) is 19.3 Å². The van der Waals surface area contributed by atoms with Gasteiger partial charge in [-0.2, -0.15) is 0 Å². The SMILES string of the molecule is COCC(=O)C1(C(=O)O)CCC1. The summed E-state index contributed by atoms with van der Waals surface area (Å²) in [4.78, 5) is 22.0. The molecule has 1 rings (SSSR count). The zero-order valence-electron chi connectivity index (χ0n) is 7.00. The first-order valence-electron chi connectivity index (χ1n) is 3.89. The van der Waals surface area contributed by atoms with Crippen molar-refractivity contribution < 1.29 is 19.4 Å². The molecule has 0 aliphatic heterocycles. The zero-order valence-corrected chi connectivity index (χ0v) is 7.00. The molecule has 1 N–H and O–H groups in total. The third kappa shape index (κ3) is 1.22. The number of hydrogen-bond donors (Lipinski definition) is 1. The van der Waals surface area contributed by atoms with E-state index in [1.54, 1.807) is 0 Å². The summed E-state index contributed by atoms with van der Waals surface area (Å²) in [6, 6.07) is 0. The molecule has 0 amide bonds. The van der Waals surface area contributed by atoms with Crippen molar-refractivity contribution in [3.05, 3.63) is 0 Å². The summed E-state index contributed by atoms with van der Waals surface area (Å²) in [6.45, 7) is -0.0910. The second-order valence-corrected chi connectivity index (χ2v) is 3.10. The van der Waals surface area contributed by atoms with Gasteiger partial charge in [0.15, 0.2) is 5.78 Å². The first-order valence-corrected chi connectivity index (χ1v) is 3.89. The van der Waals surface area contributed by atoms with Crippen LogP contribution in [-0.4, -0.2) is 30.6 Å². The number of ether oxygens (including phenoxy) is 1. The van der Waals surface area contributed by atoms with Crippen LogP contribution in [0, 0.1) is 5.41 Å². The predicted molar refractivity (Wildman–Crippen MR) is 40.8 cm³/mol. The number of carboxylic acids is 1. The van der Waals surface area contributed by atoms with Crippen LogP contribution in [0.25, 0.3) is 0 Å². The lowest BCUT2D eigenvalue weighted by Gasteiger charge is -2.35. The molecule has 0 aromatic carbocycles. The lowest BCUT2D eigenvalue weighted by molar-refractivity contribution is -0.162. The molecule has 4 heteroatoms. The molecule has 0 spiro atoms. The number of aliphatic carboxylic acids is 1. The molecule has 0 atom stereocenters. The van der Waals surface area contributed by atoms with Gasteiger partial charge in [-0.05, 0) is 12.8 Å². The number of ketones is 1. The van der Waals surface area contributed by atoms with Crippen LogP contribution in [0.3, 0.4) is 0 Å². The van der Waals surface area contributed by atoms with Gasteiger partial charge in [0, 0.05) is 7.11 Å². The number of rotatable bonds is 4. The normalized spacial score (nSPS) is 19.8. The Balaban J connectivity index is 2.67. The molecular weight excluding hydrogens is 160 g/mol. The highest BCUT2D eigenvalue weighted by Gasteiger charge is 2.50. The molecule has 12 heavy (non-hydrogen) atoms. The second-order valence-electron chi connectivity index (χ2n) is 3.10. The van der Waals surface area contributed by atoms with E-state index in [1.807, 2.05) is 0 Å².